The van der Waals surface area contributed by atoms with Crippen LogP contribution in [0.4, 0.5) is 34.1 Å². The molecule has 0 saturated carbocycles. The Morgan fingerprint density at radius 2 is 0.410 bits per heavy atom. The SMILES string of the molecule is c1ccc(N(c2ccc(-c3ccc(-c4ccc5ccc(-c6cccc7c6oc6c(-c8ccccc8N(c8ccc(-c9ccc(-c%10cccc%11ccccc%10%11)cc9)cc8)c8ccc(-c9ccc%10ccccc%10c9)cc8)cccc67)cc5c4)cc3)cc2)c2ccc(-c3ccc(-c4cccc5ccccc45)cc3)cc2)c(-c2cccc3c2oc2ccccc23)c1. The highest BCUT2D eigenvalue weighted by Crippen LogP contribution is 2.50. The molecule has 0 atom stereocenters. The number of para-hydroxylation sites is 6. The van der Waals surface area contributed by atoms with Crippen molar-refractivity contribution < 1.29 is 8.83 Å². The van der Waals surface area contributed by atoms with Gasteiger partial charge in [-0.3, -0.25) is 0 Å². The van der Waals surface area contributed by atoms with Crippen molar-refractivity contribution in [2.75, 3.05) is 9.80 Å². The van der Waals surface area contributed by atoms with Crippen LogP contribution in [0.25, 0.3) is 198 Å². The molecule has 0 N–H and O–H groups in total. The molecule has 2 heterocycles. The Morgan fingerprint density at radius 3 is 0.877 bits per heavy atom. The predicted octanol–water partition coefficient (Wildman–Crippen LogP) is 33.7. The molecular formula is C118H76N2O2. The van der Waals surface area contributed by atoms with E-state index in [4.69, 9.17) is 8.83 Å². The lowest BCUT2D eigenvalue weighted by atomic mass is 9.95. The van der Waals surface area contributed by atoms with Gasteiger partial charge in [0, 0.05) is 72.1 Å². The van der Waals surface area contributed by atoms with Crippen molar-refractivity contribution in [1.29, 1.82) is 0 Å². The average molecular weight is 1550 g/mol. The zero-order valence-corrected chi connectivity index (χ0v) is 66.6. The smallest absolute Gasteiger partial charge is 0.143 e. The third-order valence-electron chi connectivity index (χ3n) is 24.7. The largest absolute Gasteiger partial charge is 0.455 e. The van der Waals surface area contributed by atoms with Crippen LogP contribution in [0.15, 0.2) is 470 Å². The molecule has 0 amide bonds. The fraction of sp³-hybridized carbons (Fsp3) is 0. The van der Waals surface area contributed by atoms with Crippen molar-refractivity contribution in [3.05, 3.63) is 461 Å². The second-order valence-electron chi connectivity index (χ2n) is 31.8. The van der Waals surface area contributed by atoms with E-state index in [1.165, 1.54) is 65.5 Å². The van der Waals surface area contributed by atoms with Crippen LogP contribution in [0, 0.1) is 0 Å². The quantitative estimate of drug-likeness (QED) is 0.0965. The summed E-state index contributed by atoms with van der Waals surface area (Å²) in [5.74, 6) is 0. The van der Waals surface area contributed by atoms with Gasteiger partial charge in [-0.25, -0.2) is 0 Å². The number of hydrogen-bond donors (Lipinski definition) is 0. The summed E-state index contributed by atoms with van der Waals surface area (Å²) in [7, 11) is 0. The number of benzene rings is 21. The first-order valence-corrected chi connectivity index (χ1v) is 41.8. The molecule has 21 aromatic carbocycles. The van der Waals surface area contributed by atoms with Crippen LogP contribution in [0.5, 0.6) is 0 Å². The molecule has 0 fully saturated rings. The van der Waals surface area contributed by atoms with E-state index in [-0.39, 0.29) is 0 Å². The molecule has 23 rings (SSSR count). The van der Waals surface area contributed by atoms with Gasteiger partial charge in [-0.05, 0) is 211 Å². The van der Waals surface area contributed by atoms with Gasteiger partial charge < -0.3 is 18.6 Å². The monoisotopic (exact) mass is 1550 g/mol. The number of fused-ring (bicyclic) bond motifs is 10. The number of anilines is 6. The van der Waals surface area contributed by atoms with Crippen LogP contribution in [-0.2, 0) is 0 Å². The first-order chi connectivity index (χ1) is 60.4. The van der Waals surface area contributed by atoms with Crippen LogP contribution in [0.3, 0.4) is 0 Å². The lowest BCUT2D eigenvalue weighted by Gasteiger charge is -2.28. The normalized spacial score (nSPS) is 11.6. The maximum absolute atomic E-state index is 7.36. The third-order valence-corrected chi connectivity index (χ3v) is 24.7. The first kappa shape index (κ1) is 71.2. The maximum atomic E-state index is 7.36. The second-order valence-corrected chi connectivity index (χ2v) is 31.8. The Bertz CT molecular complexity index is 7950. The van der Waals surface area contributed by atoms with Crippen LogP contribution in [0.1, 0.15) is 0 Å². The first-order valence-electron chi connectivity index (χ1n) is 41.8. The lowest BCUT2D eigenvalue weighted by Crippen LogP contribution is -2.11. The van der Waals surface area contributed by atoms with Crippen molar-refractivity contribution in [1.82, 2.24) is 0 Å². The molecule has 0 saturated heterocycles. The number of rotatable bonds is 16. The number of hydrogen-bond acceptors (Lipinski definition) is 4. The Hall–Kier alpha value is -16.1. The highest BCUT2D eigenvalue weighted by atomic mass is 16.3. The zero-order valence-electron chi connectivity index (χ0n) is 66.6. The lowest BCUT2D eigenvalue weighted by molar-refractivity contribution is 0.670. The molecule has 0 bridgehead atoms. The van der Waals surface area contributed by atoms with Crippen molar-refractivity contribution in [3.63, 3.8) is 0 Å². The van der Waals surface area contributed by atoms with Gasteiger partial charge in [0.15, 0.2) is 0 Å². The molecule has 122 heavy (non-hydrogen) atoms. The van der Waals surface area contributed by atoms with Gasteiger partial charge in [0.05, 0.1) is 11.4 Å². The topological polar surface area (TPSA) is 32.8 Å². The van der Waals surface area contributed by atoms with Crippen molar-refractivity contribution in [3.8, 4) is 111 Å². The standard InChI is InChI=1S/C118H76N2O2/c1-2-21-91-74-92(55-48-77(91)18-1)85-64-72-99(73-65-85)120(98-70-62-83(63-71-98)80-46-53-90(54-47-80)103-30-14-23-88-20-4-6-25-101(88)103)114-38-11-8-27-106(114)109-33-17-36-112-111-35-15-31-104(116(111)122-118(109)112)94-57-50-86-49-56-93(75-95(86)76-94)84-42-40-78(41-43-84)81-58-66-96(67-59-81)119(113-37-10-7-26-105(113)108-32-16-34-110-107-28-9-12-39-115(107)121-117(108)110)97-68-60-82(61-69-97)79-44-51-89(52-45-79)102-29-13-22-87-19-3-5-24-100(87)102/h1-76H. The molecular weight excluding hydrogens is 1480 g/mol. The van der Waals surface area contributed by atoms with Crippen molar-refractivity contribution in [2.24, 2.45) is 0 Å². The van der Waals surface area contributed by atoms with E-state index in [0.29, 0.717) is 0 Å². The second kappa shape index (κ2) is 30.1. The molecule has 0 aliphatic carbocycles. The van der Waals surface area contributed by atoms with E-state index < -0.39 is 0 Å². The summed E-state index contributed by atoms with van der Waals surface area (Å²) in [5, 5.41) is 14.1. The summed E-state index contributed by atoms with van der Waals surface area (Å²) < 4.78 is 14.1. The van der Waals surface area contributed by atoms with E-state index in [0.717, 1.165) is 167 Å². The van der Waals surface area contributed by atoms with Gasteiger partial charge in [-0.15, -0.1) is 0 Å². The van der Waals surface area contributed by atoms with Gasteiger partial charge in [0.1, 0.15) is 22.3 Å². The minimum absolute atomic E-state index is 0.841. The molecule has 2 aromatic heterocycles. The molecule has 0 spiro atoms. The van der Waals surface area contributed by atoms with Crippen molar-refractivity contribution >= 4 is 121 Å². The van der Waals surface area contributed by atoms with Crippen LogP contribution < -0.4 is 9.80 Å². The summed E-state index contributed by atoms with van der Waals surface area (Å²) >= 11 is 0. The molecule has 0 aliphatic heterocycles. The van der Waals surface area contributed by atoms with E-state index in [2.05, 4.69) is 465 Å². The predicted molar refractivity (Wildman–Crippen MR) is 515 cm³/mol. The van der Waals surface area contributed by atoms with Crippen LogP contribution in [-0.4, -0.2) is 0 Å². The average Bonchev–Trinajstić information content (AvgIpc) is 1.56. The summed E-state index contributed by atoms with van der Waals surface area (Å²) in [6.07, 6.45) is 0. The molecule has 570 valence electrons. The molecule has 0 aliphatic rings. The third kappa shape index (κ3) is 12.8. The fourth-order valence-corrected chi connectivity index (χ4v) is 18.5. The summed E-state index contributed by atoms with van der Waals surface area (Å²) in [6.45, 7) is 0. The van der Waals surface area contributed by atoms with Gasteiger partial charge in [-0.1, -0.05) is 376 Å². The summed E-state index contributed by atoms with van der Waals surface area (Å²) in [6, 6.07) is 168. The highest BCUT2D eigenvalue weighted by molar-refractivity contribution is 6.15. The number of nitrogens with zero attached hydrogens (tertiary/aromatic N) is 2. The van der Waals surface area contributed by atoms with Gasteiger partial charge in [0.2, 0.25) is 0 Å². The van der Waals surface area contributed by atoms with Crippen LogP contribution >= 0.6 is 0 Å². The Labute approximate surface area is 707 Å². The molecule has 4 heteroatoms. The van der Waals surface area contributed by atoms with Gasteiger partial charge in [0.25, 0.3) is 0 Å². The zero-order chi connectivity index (χ0) is 80.6. The van der Waals surface area contributed by atoms with E-state index in [1.807, 2.05) is 6.07 Å². The van der Waals surface area contributed by atoms with Crippen molar-refractivity contribution in [2.45, 2.75) is 0 Å². The van der Waals surface area contributed by atoms with E-state index in [9.17, 15) is 0 Å². The molecule has 23 aromatic rings. The highest BCUT2D eigenvalue weighted by Gasteiger charge is 2.25. The minimum atomic E-state index is 0.841. The Morgan fingerprint density at radius 1 is 0.139 bits per heavy atom. The fourth-order valence-electron chi connectivity index (χ4n) is 18.5. The van der Waals surface area contributed by atoms with Gasteiger partial charge >= 0.3 is 0 Å². The Balaban J connectivity index is 0.548. The number of furan rings is 2. The minimum Gasteiger partial charge on any atom is -0.455 e. The van der Waals surface area contributed by atoms with E-state index >= 15 is 0 Å². The maximum Gasteiger partial charge on any atom is 0.143 e. The molecule has 0 radical (unpaired) electrons. The molecule has 4 nitrogen and oxygen atoms in total. The molecule has 0 unspecified atom stereocenters. The van der Waals surface area contributed by atoms with Crippen LogP contribution in [0.2, 0.25) is 0 Å². The summed E-state index contributed by atoms with van der Waals surface area (Å²) in [5.41, 5.74) is 32.3. The summed E-state index contributed by atoms with van der Waals surface area (Å²) in [4.78, 5) is 4.78. The van der Waals surface area contributed by atoms with Gasteiger partial charge in [-0.2, -0.15) is 0 Å². The Kier molecular flexibility index (Phi) is 17.6. The van der Waals surface area contributed by atoms with E-state index in [1.54, 1.807) is 0 Å².